The minimum Gasteiger partial charge on any atom is -0.501 e. The van der Waals surface area contributed by atoms with Crippen LogP contribution in [0.2, 0.25) is 0 Å². The van der Waals surface area contributed by atoms with E-state index in [-0.39, 0.29) is 5.41 Å². The van der Waals surface area contributed by atoms with Gasteiger partial charge in [-0.1, -0.05) is 30.9 Å². The molecule has 0 saturated heterocycles. The van der Waals surface area contributed by atoms with Gasteiger partial charge in [-0.2, -0.15) is 0 Å². The molecule has 0 aliphatic heterocycles. The van der Waals surface area contributed by atoms with E-state index in [1.165, 1.54) is 38.5 Å². The molecule has 132 valence electrons. The summed E-state index contributed by atoms with van der Waals surface area (Å²) in [4.78, 5) is 12.8. The van der Waals surface area contributed by atoms with Crippen molar-refractivity contribution in [2.75, 3.05) is 7.11 Å². The van der Waals surface area contributed by atoms with Gasteiger partial charge in [0.25, 0.3) is 0 Å². The first kappa shape index (κ1) is 16.4. The van der Waals surface area contributed by atoms with E-state index in [4.69, 9.17) is 4.74 Å². The average molecular weight is 328 g/mol. The van der Waals surface area contributed by atoms with Crippen LogP contribution in [0.5, 0.6) is 0 Å². The molecule has 2 nitrogen and oxygen atoms in total. The van der Waals surface area contributed by atoms with Gasteiger partial charge >= 0.3 is 0 Å². The van der Waals surface area contributed by atoms with Crippen molar-refractivity contribution in [1.82, 2.24) is 0 Å². The minimum atomic E-state index is 0.0669. The first-order valence-electron chi connectivity index (χ1n) is 10.2. The van der Waals surface area contributed by atoms with E-state index in [1.54, 1.807) is 18.3 Å². The molecule has 4 aliphatic rings. The molecule has 0 unspecified atom stereocenters. The fourth-order valence-electron chi connectivity index (χ4n) is 6.57. The molecule has 0 heterocycles. The summed E-state index contributed by atoms with van der Waals surface area (Å²) in [6.07, 6.45) is 15.1. The van der Waals surface area contributed by atoms with Crippen LogP contribution in [-0.4, -0.2) is 12.9 Å². The normalized spacial score (nSPS) is 38.3. The van der Waals surface area contributed by atoms with Crippen molar-refractivity contribution in [3.05, 3.63) is 23.0 Å². The summed E-state index contributed by atoms with van der Waals surface area (Å²) in [6, 6.07) is 0. The molecule has 0 radical (unpaired) electrons. The maximum Gasteiger partial charge on any atom is 0.139 e. The number of fused-ring (bicyclic) bond motifs is 4. The van der Waals surface area contributed by atoms with Crippen LogP contribution in [0.1, 0.15) is 77.6 Å². The molecule has 0 amide bonds. The number of ether oxygens (including phenoxy) is 1. The molecule has 4 aliphatic carbocycles. The number of unbranched alkanes of at least 4 members (excludes halogenated alkanes) is 1. The van der Waals surface area contributed by atoms with Crippen molar-refractivity contribution in [2.24, 2.45) is 23.2 Å². The Morgan fingerprint density at radius 2 is 2.12 bits per heavy atom. The molecule has 0 aromatic rings. The lowest BCUT2D eigenvalue weighted by Gasteiger charge is -2.51. The molecule has 2 heteroatoms. The Hall–Kier alpha value is -1.05. The van der Waals surface area contributed by atoms with Gasteiger partial charge in [-0.05, 0) is 68.8 Å². The van der Waals surface area contributed by atoms with Gasteiger partial charge < -0.3 is 4.74 Å². The lowest BCUT2D eigenvalue weighted by Crippen LogP contribution is -2.45. The Morgan fingerprint density at radius 3 is 2.92 bits per heavy atom. The van der Waals surface area contributed by atoms with Crippen molar-refractivity contribution in [3.8, 4) is 0 Å². The Morgan fingerprint density at radius 1 is 1.25 bits per heavy atom. The summed E-state index contributed by atoms with van der Waals surface area (Å²) in [7, 11) is 1.80. The fourth-order valence-corrected chi connectivity index (χ4v) is 6.57. The van der Waals surface area contributed by atoms with Crippen molar-refractivity contribution >= 4 is 5.78 Å². The van der Waals surface area contributed by atoms with Crippen LogP contribution in [0, 0.1) is 23.2 Å². The number of methoxy groups -OCH3 is 1. The van der Waals surface area contributed by atoms with Crippen LogP contribution in [0.25, 0.3) is 0 Å². The number of Topliss-reactive ketones (excluding diaryl/α,β-unsaturated/α-hetero) is 1. The van der Waals surface area contributed by atoms with Crippen molar-refractivity contribution in [3.63, 3.8) is 0 Å². The Kier molecular flexibility index (Phi) is 4.34. The topological polar surface area (TPSA) is 26.3 Å². The van der Waals surface area contributed by atoms with E-state index in [0.717, 1.165) is 49.7 Å². The molecule has 2 saturated carbocycles. The SMILES string of the molecule is CCCC[C@]12CC[C@@H]3C4=C(CC[C@H]3[C@@H]1CCC2=O)CC(OC)=CC4. The van der Waals surface area contributed by atoms with Crippen molar-refractivity contribution in [1.29, 1.82) is 0 Å². The number of hydrogen-bond acceptors (Lipinski definition) is 2. The van der Waals surface area contributed by atoms with Gasteiger partial charge in [0.05, 0.1) is 12.9 Å². The van der Waals surface area contributed by atoms with Gasteiger partial charge in [0.2, 0.25) is 0 Å². The third-order valence-electron chi connectivity index (χ3n) is 7.74. The number of ketones is 1. The molecular weight excluding hydrogens is 296 g/mol. The highest BCUT2D eigenvalue weighted by atomic mass is 16.5. The Labute approximate surface area is 146 Å². The molecule has 4 atom stereocenters. The number of hydrogen-bond donors (Lipinski definition) is 0. The van der Waals surface area contributed by atoms with Gasteiger partial charge in [-0.25, -0.2) is 0 Å². The molecule has 0 aromatic heterocycles. The lowest BCUT2D eigenvalue weighted by molar-refractivity contribution is -0.132. The lowest BCUT2D eigenvalue weighted by atomic mass is 9.53. The summed E-state index contributed by atoms with van der Waals surface area (Å²) >= 11 is 0. The third-order valence-corrected chi connectivity index (χ3v) is 7.74. The van der Waals surface area contributed by atoms with Gasteiger partial charge in [0.15, 0.2) is 0 Å². The van der Waals surface area contributed by atoms with Crippen LogP contribution in [0.15, 0.2) is 23.0 Å². The molecule has 2 fully saturated rings. The second-order valence-corrected chi connectivity index (χ2v) is 8.56. The van der Waals surface area contributed by atoms with E-state index < -0.39 is 0 Å². The highest BCUT2D eigenvalue weighted by Crippen LogP contribution is 2.61. The van der Waals surface area contributed by atoms with E-state index in [9.17, 15) is 4.79 Å². The van der Waals surface area contributed by atoms with Crippen LogP contribution in [0.3, 0.4) is 0 Å². The van der Waals surface area contributed by atoms with Crippen LogP contribution < -0.4 is 0 Å². The molecular formula is C22H32O2. The average Bonchev–Trinajstić information content (AvgIpc) is 2.96. The first-order chi connectivity index (χ1) is 11.7. The van der Waals surface area contributed by atoms with Gasteiger partial charge in [0.1, 0.15) is 5.78 Å². The van der Waals surface area contributed by atoms with E-state index in [2.05, 4.69) is 13.0 Å². The summed E-state index contributed by atoms with van der Waals surface area (Å²) in [5.41, 5.74) is 3.47. The smallest absolute Gasteiger partial charge is 0.139 e. The summed E-state index contributed by atoms with van der Waals surface area (Å²) < 4.78 is 5.50. The van der Waals surface area contributed by atoms with Crippen molar-refractivity contribution in [2.45, 2.75) is 77.6 Å². The van der Waals surface area contributed by atoms with E-state index >= 15 is 0 Å². The van der Waals surface area contributed by atoms with Crippen LogP contribution in [-0.2, 0) is 9.53 Å². The second kappa shape index (κ2) is 6.35. The fraction of sp³-hybridized carbons (Fsp3) is 0.773. The first-order valence-corrected chi connectivity index (χ1v) is 10.2. The number of carbonyl (C=O) groups excluding carboxylic acids is 1. The molecule has 0 spiro atoms. The highest BCUT2D eigenvalue weighted by Gasteiger charge is 2.56. The van der Waals surface area contributed by atoms with Crippen LogP contribution in [0.4, 0.5) is 0 Å². The monoisotopic (exact) mass is 328 g/mol. The summed E-state index contributed by atoms with van der Waals surface area (Å²) in [5, 5.41) is 0. The second-order valence-electron chi connectivity index (χ2n) is 8.56. The number of allylic oxidation sites excluding steroid dienone is 3. The molecule has 24 heavy (non-hydrogen) atoms. The minimum absolute atomic E-state index is 0.0669. The van der Waals surface area contributed by atoms with E-state index in [0.29, 0.717) is 11.7 Å². The van der Waals surface area contributed by atoms with Gasteiger partial charge in [-0.15, -0.1) is 0 Å². The maximum absolute atomic E-state index is 12.8. The zero-order chi connectivity index (χ0) is 16.7. The standard InChI is InChI=1S/C22H32O2/c1-3-4-12-22-13-11-18-17-8-6-16(24-2)14-15(17)5-7-19(18)20(22)9-10-21(22)23/h6,18-20H,3-5,7-14H2,1-2H3/t18-,19-,20+,22+/m1/s1. The predicted octanol–water partition coefficient (Wildman–Crippen LogP) is 5.58. The van der Waals surface area contributed by atoms with Crippen LogP contribution >= 0.6 is 0 Å². The predicted molar refractivity (Wildman–Crippen MR) is 96.5 cm³/mol. The number of carbonyl (C=O) groups is 1. The Bertz CT molecular complexity index is 585. The summed E-state index contributed by atoms with van der Waals surface area (Å²) in [5.74, 6) is 3.99. The highest BCUT2D eigenvalue weighted by molar-refractivity contribution is 5.87. The largest absolute Gasteiger partial charge is 0.501 e. The quantitative estimate of drug-likeness (QED) is 0.629. The molecule has 0 N–H and O–H groups in total. The summed E-state index contributed by atoms with van der Waals surface area (Å²) in [6.45, 7) is 2.26. The van der Waals surface area contributed by atoms with Crippen molar-refractivity contribution < 1.29 is 9.53 Å². The maximum atomic E-state index is 12.8. The molecule has 4 rings (SSSR count). The molecule has 0 aromatic carbocycles. The zero-order valence-electron chi connectivity index (χ0n) is 15.4. The van der Waals surface area contributed by atoms with Gasteiger partial charge in [0, 0.05) is 18.3 Å². The van der Waals surface area contributed by atoms with Gasteiger partial charge in [-0.3, -0.25) is 4.79 Å². The van der Waals surface area contributed by atoms with E-state index in [1.807, 2.05) is 0 Å². The Balaban J connectivity index is 1.59. The number of rotatable bonds is 4. The molecule has 0 bridgehead atoms. The third kappa shape index (κ3) is 2.40. The zero-order valence-corrected chi connectivity index (χ0v) is 15.4.